The third-order valence-corrected chi connectivity index (χ3v) is 4.02. The van der Waals surface area contributed by atoms with Crippen LogP contribution in [0.1, 0.15) is 43.0 Å². The van der Waals surface area contributed by atoms with Crippen LogP contribution in [0, 0.1) is 5.92 Å². The van der Waals surface area contributed by atoms with Crippen molar-refractivity contribution in [3.05, 3.63) is 28.8 Å². The predicted molar refractivity (Wildman–Crippen MR) is 82.0 cm³/mol. The molecule has 3 N–H and O–H groups in total. The summed E-state index contributed by atoms with van der Waals surface area (Å²) in [5, 5.41) is 3.44. The summed E-state index contributed by atoms with van der Waals surface area (Å²) in [6, 6.07) is 5.18. The molecule has 0 heterocycles. The molecule has 106 valence electrons. The number of carbonyl (C=O) groups excluding carboxylic acids is 1. The van der Waals surface area contributed by atoms with E-state index in [2.05, 4.69) is 12.2 Å². The maximum atomic E-state index is 12.1. The quantitative estimate of drug-likeness (QED) is 0.837. The van der Waals surface area contributed by atoms with Crippen LogP contribution in [0.25, 0.3) is 0 Å². The standard InChI is InChI=1S/C14H19ClN2O.ClH/c1-9(10-4-2-3-5-10)17-14(18)12-7-6-11(16)8-13(12)15;/h6-10H,2-5,16H2,1H3,(H,17,18);1H. The summed E-state index contributed by atoms with van der Waals surface area (Å²) in [5.41, 5.74) is 6.68. The highest BCUT2D eigenvalue weighted by molar-refractivity contribution is 6.34. The Labute approximate surface area is 125 Å². The number of carbonyl (C=O) groups is 1. The minimum absolute atomic E-state index is 0. The van der Waals surface area contributed by atoms with E-state index in [0.717, 1.165) is 0 Å². The van der Waals surface area contributed by atoms with Crippen LogP contribution in [0.3, 0.4) is 0 Å². The van der Waals surface area contributed by atoms with E-state index >= 15 is 0 Å². The highest BCUT2D eigenvalue weighted by Crippen LogP contribution is 2.28. The maximum Gasteiger partial charge on any atom is 0.253 e. The smallest absolute Gasteiger partial charge is 0.253 e. The van der Waals surface area contributed by atoms with Gasteiger partial charge in [-0.05, 0) is 43.9 Å². The largest absolute Gasteiger partial charge is 0.399 e. The number of hydrogen-bond donors (Lipinski definition) is 2. The normalized spacial score (nSPS) is 16.7. The Hall–Kier alpha value is -0.930. The topological polar surface area (TPSA) is 55.1 Å². The highest BCUT2D eigenvalue weighted by Gasteiger charge is 2.23. The molecule has 1 saturated carbocycles. The Balaban J connectivity index is 0.00000180. The summed E-state index contributed by atoms with van der Waals surface area (Å²) in [5.74, 6) is 0.487. The summed E-state index contributed by atoms with van der Waals surface area (Å²) in [6.07, 6.45) is 4.95. The molecule has 0 radical (unpaired) electrons. The minimum atomic E-state index is -0.112. The van der Waals surface area contributed by atoms with E-state index in [-0.39, 0.29) is 24.4 Å². The third-order valence-electron chi connectivity index (χ3n) is 3.70. The van der Waals surface area contributed by atoms with E-state index < -0.39 is 0 Å². The number of hydrogen-bond acceptors (Lipinski definition) is 2. The number of nitrogens with one attached hydrogen (secondary N) is 1. The number of nitrogen functional groups attached to an aromatic ring is 1. The first-order valence-corrected chi connectivity index (χ1v) is 6.81. The van der Waals surface area contributed by atoms with E-state index in [9.17, 15) is 4.79 Å². The van der Waals surface area contributed by atoms with E-state index in [1.54, 1.807) is 18.2 Å². The van der Waals surface area contributed by atoms with Gasteiger partial charge >= 0.3 is 0 Å². The van der Waals surface area contributed by atoms with Crippen LogP contribution >= 0.6 is 24.0 Å². The van der Waals surface area contributed by atoms with Crippen molar-refractivity contribution in [3.8, 4) is 0 Å². The Bertz CT molecular complexity index is 445. The molecule has 1 fully saturated rings. The molecule has 0 saturated heterocycles. The third kappa shape index (κ3) is 4.02. The molecule has 1 aromatic rings. The van der Waals surface area contributed by atoms with Gasteiger partial charge in [-0.15, -0.1) is 12.4 Å². The van der Waals surface area contributed by atoms with Gasteiger partial charge in [-0.25, -0.2) is 0 Å². The summed E-state index contributed by atoms with van der Waals surface area (Å²) < 4.78 is 0. The number of anilines is 1. The molecular weight excluding hydrogens is 283 g/mol. The minimum Gasteiger partial charge on any atom is -0.399 e. The lowest BCUT2D eigenvalue weighted by molar-refractivity contribution is 0.0927. The van der Waals surface area contributed by atoms with Gasteiger partial charge in [0.05, 0.1) is 10.6 Å². The van der Waals surface area contributed by atoms with Crippen LogP contribution in [0.15, 0.2) is 18.2 Å². The van der Waals surface area contributed by atoms with E-state index in [4.69, 9.17) is 17.3 Å². The molecule has 1 aliphatic rings. The van der Waals surface area contributed by atoms with Crippen molar-refractivity contribution in [2.24, 2.45) is 5.92 Å². The van der Waals surface area contributed by atoms with Crippen molar-refractivity contribution in [3.63, 3.8) is 0 Å². The van der Waals surface area contributed by atoms with Crippen molar-refractivity contribution in [2.75, 3.05) is 5.73 Å². The second-order valence-corrected chi connectivity index (χ2v) is 5.45. The number of rotatable bonds is 3. The van der Waals surface area contributed by atoms with Crippen molar-refractivity contribution in [1.82, 2.24) is 5.32 Å². The summed E-state index contributed by atoms with van der Waals surface area (Å²) in [7, 11) is 0. The molecule has 0 aromatic heterocycles. The van der Waals surface area contributed by atoms with Gasteiger partial charge in [0.2, 0.25) is 0 Å². The molecule has 0 bridgehead atoms. The first-order chi connectivity index (χ1) is 8.58. The number of amides is 1. The Morgan fingerprint density at radius 2 is 2.05 bits per heavy atom. The van der Waals surface area contributed by atoms with Crippen LogP contribution in [0.5, 0.6) is 0 Å². The molecule has 1 aliphatic carbocycles. The Morgan fingerprint density at radius 1 is 1.42 bits per heavy atom. The molecule has 19 heavy (non-hydrogen) atoms. The van der Waals surface area contributed by atoms with E-state index in [0.29, 0.717) is 22.2 Å². The SMILES string of the molecule is CC(NC(=O)c1ccc(N)cc1Cl)C1CCCC1.Cl. The summed E-state index contributed by atoms with van der Waals surface area (Å²) in [4.78, 5) is 12.1. The van der Waals surface area contributed by atoms with Crippen molar-refractivity contribution in [2.45, 2.75) is 38.6 Å². The molecule has 2 rings (SSSR count). The number of nitrogens with two attached hydrogens (primary N) is 1. The van der Waals surface area contributed by atoms with E-state index in [1.807, 2.05) is 0 Å². The molecule has 0 aliphatic heterocycles. The second kappa shape index (κ2) is 7.01. The van der Waals surface area contributed by atoms with Crippen LogP contribution in [0.4, 0.5) is 5.69 Å². The van der Waals surface area contributed by atoms with Crippen molar-refractivity contribution < 1.29 is 4.79 Å². The number of halogens is 2. The summed E-state index contributed by atoms with van der Waals surface area (Å²) >= 11 is 6.03. The molecule has 3 nitrogen and oxygen atoms in total. The highest BCUT2D eigenvalue weighted by atomic mass is 35.5. The monoisotopic (exact) mass is 302 g/mol. The van der Waals surface area contributed by atoms with Gasteiger partial charge in [0, 0.05) is 11.7 Å². The van der Waals surface area contributed by atoms with Gasteiger partial charge in [0.25, 0.3) is 5.91 Å². The van der Waals surface area contributed by atoms with Crippen LogP contribution in [-0.4, -0.2) is 11.9 Å². The lowest BCUT2D eigenvalue weighted by Crippen LogP contribution is -2.37. The van der Waals surface area contributed by atoms with Gasteiger partial charge < -0.3 is 11.1 Å². The Kier molecular flexibility index (Phi) is 5.95. The van der Waals surface area contributed by atoms with Gasteiger partial charge in [0.1, 0.15) is 0 Å². The zero-order chi connectivity index (χ0) is 13.1. The maximum absolute atomic E-state index is 12.1. The van der Waals surface area contributed by atoms with Gasteiger partial charge in [-0.1, -0.05) is 24.4 Å². The predicted octanol–water partition coefficient (Wildman–Crippen LogP) is 3.65. The number of benzene rings is 1. The molecule has 0 spiro atoms. The molecule has 5 heteroatoms. The fraction of sp³-hybridized carbons (Fsp3) is 0.500. The lowest BCUT2D eigenvalue weighted by Gasteiger charge is -2.20. The Morgan fingerprint density at radius 3 is 2.63 bits per heavy atom. The van der Waals surface area contributed by atoms with Crippen molar-refractivity contribution >= 4 is 35.6 Å². The molecule has 1 atom stereocenters. The molecular formula is C14H20Cl2N2O. The molecule has 1 aromatic carbocycles. The fourth-order valence-electron chi connectivity index (χ4n) is 2.58. The zero-order valence-corrected chi connectivity index (χ0v) is 12.6. The lowest BCUT2D eigenvalue weighted by atomic mass is 9.99. The molecule has 1 amide bonds. The second-order valence-electron chi connectivity index (χ2n) is 5.05. The first kappa shape index (κ1) is 16.1. The van der Waals surface area contributed by atoms with Gasteiger partial charge in [-0.2, -0.15) is 0 Å². The van der Waals surface area contributed by atoms with Crippen molar-refractivity contribution in [1.29, 1.82) is 0 Å². The summed E-state index contributed by atoms with van der Waals surface area (Å²) in [6.45, 7) is 2.07. The van der Waals surface area contributed by atoms with E-state index in [1.165, 1.54) is 25.7 Å². The van der Waals surface area contributed by atoms with Gasteiger partial charge in [-0.3, -0.25) is 4.79 Å². The van der Waals surface area contributed by atoms with Crippen LogP contribution in [-0.2, 0) is 0 Å². The average Bonchev–Trinajstić information content (AvgIpc) is 2.81. The zero-order valence-electron chi connectivity index (χ0n) is 11.0. The van der Waals surface area contributed by atoms with Crippen LogP contribution < -0.4 is 11.1 Å². The van der Waals surface area contributed by atoms with Crippen LogP contribution in [0.2, 0.25) is 5.02 Å². The molecule has 1 unspecified atom stereocenters. The van der Waals surface area contributed by atoms with Gasteiger partial charge in [0.15, 0.2) is 0 Å². The average molecular weight is 303 g/mol. The first-order valence-electron chi connectivity index (χ1n) is 6.44. The fourth-order valence-corrected chi connectivity index (χ4v) is 2.85.